The van der Waals surface area contributed by atoms with Crippen LogP contribution in [-0.4, -0.2) is 30.1 Å². The van der Waals surface area contributed by atoms with Gasteiger partial charge >= 0.3 is 5.97 Å². The zero-order valence-corrected chi connectivity index (χ0v) is 13.3. The number of thiol groups is 1. The van der Waals surface area contributed by atoms with Gasteiger partial charge in [0.25, 0.3) is 0 Å². The molecule has 0 fully saturated rings. The van der Waals surface area contributed by atoms with Crippen molar-refractivity contribution >= 4 is 30.6 Å². The van der Waals surface area contributed by atoms with Crippen molar-refractivity contribution < 1.29 is 8.98 Å². The molecule has 0 saturated carbocycles. The van der Waals surface area contributed by atoms with Gasteiger partial charge in [0.05, 0.1) is 12.0 Å². The fourth-order valence-electron chi connectivity index (χ4n) is 1.44. The van der Waals surface area contributed by atoms with Crippen molar-refractivity contribution in [1.82, 2.24) is 5.32 Å². The number of hydrogen-bond acceptors (Lipinski definition) is 5. The molecule has 5 heteroatoms. The zero-order valence-electron chi connectivity index (χ0n) is 11.6. The minimum absolute atomic E-state index is 0.192. The van der Waals surface area contributed by atoms with Crippen LogP contribution in [0, 0.1) is 0 Å². The predicted molar refractivity (Wildman–Crippen MR) is 83.2 cm³/mol. The van der Waals surface area contributed by atoms with Gasteiger partial charge in [-0.15, -0.1) is 0 Å². The van der Waals surface area contributed by atoms with Crippen molar-refractivity contribution in [1.29, 1.82) is 0 Å². The predicted octanol–water partition coefficient (Wildman–Crippen LogP) is 3.45. The number of hydrogen-bond donors (Lipinski definition) is 2. The molecule has 0 amide bonds. The second-order valence-corrected chi connectivity index (χ2v) is 5.50. The summed E-state index contributed by atoms with van der Waals surface area (Å²) in [4.78, 5) is 11.7. The van der Waals surface area contributed by atoms with E-state index in [4.69, 9.17) is 4.18 Å². The minimum Gasteiger partial charge on any atom is -0.390 e. The fraction of sp³-hybridized carbons (Fsp3) is 0.923. The van der Waals surface area contributed by atoms with Crippen LogP contribution in [0.4, 0.5) is 0 Å². The van der Waals surface area contributed by atoms with E-state index in [9.17, 15) is 4.79 Å². The molecule has 0 spiro atoms. The molecule has 0 aromatic rings. The van der Waals surface area contributed by atoms with E-state index in [1.807, 2.05) is 0 Å². The first-order chi connectivity index (χ1) is 8.76. The summed E-state index contributed by atoms with van der Waals surface area (Å²) in [5, 5.41) is 3.19. The first-order valence-electron chi connectivity index (χ1n) is 6.93. The van der Waals surface area contributed by atoms with E-state index in [0.717, 1.165) is 25.1 Å². The van der Waals surface area contributed by atoms with Crippen LogP contribution in [0.5, 0.6) is 0 Å². The van der Waals surface area contributed by atoms with E-state index in [1.54, 1.807) is 0 Å². The molecule has 0 aromatic heterocycles. The summed E-state index contributed by atoms with van der Waals surface area (Å²) in [6.07, 6.45) is 6.95. The highest BCUT2D eigenvalue weighted by Crippen LogP contribution is 2.09. The highest BCUT2D eigenvalue weighted by molar-refractivity contribution is 7.95. The summed E-state index contributed by atoms with van der Waals surface area (Å²) in [7, 11) is 0. The van der Waals surface area contributed by atoms with E-state index in [1.165, 1.54) is 37.7 Å². The minimum atomic E-state index is -0.274. The normalized spacial score (nSPS) is 12.4. The van der Waals surface area contributed by atoms with Crippen molar-refractivity contribution in [2.45, 2.75) is 58.4 Å². The van der Waals surface area contributed by atoms with Crippen LogP contribution in [0.2, 0.25) is 0 Å². The lowest BCUT2D eigenvalue weighted by Crippen LogP contribution is -2.39. The van der Waals surface area contributed by atoms with Gasteiger partial charge in [-0.25, -0.2) is 4.79 Å². The van der Waals surface area contributed by atoms with Crippen LogP contribution < -0.4 is 5.32 Å². The molecule has 0 rings (SSSR count). The lowest BCUT2D eigenvalue weighted by molar-refractivity contribution is -0.134. The Labute approximate surface area is 121 Å². The van der Waals surface area contributed by atoms with Gasteiger partial charge in [0.1, 0.15) is 6.04 Å². The maximum absolute atomic E-state index is 11.7. The number of carbonyl (C=O) groups excluding carboxylic acids is 1. The third kappa shape index (κ3) is 10.1. The Balaban J connectivity index is 3.61. The SMILES string of the molecule is CCCCCNC(CS)C(=O)OSCCCCC. The van der Waals surface area contributed by atoms with Crippen molar-refractivity contribution in [3.05, 3.63) is 0 Å². The largest absolute Gasteiger partial charge is 0.390 e. The maximum atomic E-state index is 11.7. The Kier molecular flexibility index (Phi) is 13.7. The van der Waals surface area contributed by atoms with Crippen LogP contribution in [0.3, 0.4) is 0 Å². The van der Waals surface area contributed by atoms with Gasteiger partial charge in [0.15, 0.2) is 0 Å². The Morgan fingerprint density at radius 1 is 1.22 bits per heavy atom. The van der Waals surface area contributed by atoms with Crippen molar-refractivity contribution in [2.75, 3.05) is 18.1 Å². The standard InChI is InChI=1S/C13H27NO2S2/c1-3-5-7-9-14-12(11-17)13(15)16-18-10-8-6-4-2/h12,14,17H,3-11H2,1-2H3. The third-order valence-corrected chi connectivity index (χ3v) is 3.71. The smallest absolute Gasteiger partial charge is 0.336 e. The molecule has 0 aliphatic rings. The number of carbonyl (C=O) groups is 1. The summed E-state index contributed by atoms with van der Waals surface area (Å²) in [5.41, 5.74) is 0. The molecule has 1 N–H and O–H groups in total. The molecule has 0 aliphatic heterocycles. The summed E-state index contributed by atoms with van der Waals surface area (Å²) >= 11 is 5.45. The third-order valence-electron chi connectivity index (χ3n) is 2.61. The second kappa shape index (κ2) is 13.6. The van der Waals surface area contributed by atoms with Crippen molar-refractivity contribution in [2.24, 2.45) is 0 Å². The van der Waals surface area contributed by atoms with Gasteiger partial charge in [0, 0.05) is 11.5 Å². The molecular weight excluding hydrogens is 266 g/mol. The molecular formula is C13H27NO2S2. The summed E-state index contributed by atoms with van der Waals surface area (Å²) in [6, 6.07) is -0.274. The van der Waals surface area contributed by atoms with Crippen LogP contribution in [-0.2, 0) is 8.98 Å². The molecule has 0 saturated heterocycles. The Hall–Kier alpha value is 0.130. The molecule has 3 nitrogen and oxygen atoms in total. The summed E-state index contributed by atoms with van der Waals surface area (Å²) in [6.45, 7) is 5.18. The lowest BCUT2D eigenvalue weighted by Gasteiger charge is -2.14. The molecule has 0 radical (unpaired) electrons. The van der Waals surface area contributed by atoms with Crippen LogP contribution >= 0.6 is 24.7 Å². The first kappa shape index (κ1) is 18.1. The van der Waals surface area contributed by atoms with Gasteiger partial charge in [-0.1, -0.05) is 39.5 Å². The lowest BCUT2D eigenvalue weighted by atomic mass is 10.2. The first-order valence-corrected chi connectivity index (χ1v) is 8.48. The van der Waals surface area contributed by atoms with Gasteiger partial charge in [-0.3, -0.25) is 0 Å². The van der Waals surface area contributed by atoms with Crippen molar-refractivity contribution in [3.63, 3.8) is 0 Å². The zero-order chi connectivity index (χ0) is 13.6. The van der Waals surface area contributed by atoms with Crippen molar-refractivity contribution in [3.8, 4) is 0 Å². The highest BCUT2D eigenvalue weighted by Gasteiger charge is 2.17. The van der Waals surface area contributed by atoms with E-state index in [0.29, 0.717) is 5.75 Å². The highest BCUT2D eigenvalue weighted by atomic mass is 32.2. The molecule has 0 aliphatic carbocycles. The fourth-order valence-corrected chi connectivity index (χ4v) is 2.36. The van der Waals surface area contributed by atoms with E-state index in [-0.39, 0.29) is 12.0 Å². The molecule has 0 heterocycles. The summed E-state index contributed by atoms with van der Waals surface area (Å²) < 4.78 is 5.16. The maximum Gasteiger partial charge on any atom is 0.336 e. The van der Waals surface area contributed by atoms with Crippen LogP contribution in [0.15, 0.2) is 0 Å². The Morgan fingerprint density at radius 2 is 1.89 bits per heavy atom. The number of nitrogens with one attached hydrogen (secondary N) is 1. The van der Waals surface area contributed by atoms with Gasteiger partial charge in [0.2, 0.25) is 0 Å². The topological polar surface area (TPSA) is 38.3 Å². The monoisotopic (exact) mass is 293 g/mol. The summed E-state index contributed by atoms with van der Waals surface area (Å²) in [5.74, 6) is 1.18. The van der Waals surface area contributed by atoms with Crippen LogP contribution in [0.1, 0.15) is 52.4 Å². The molecule has 0 bridgehead atoms. The number of unbranched alkanes of at least 4 members (excludes halogenated alkanes) is 4. The average molecular weight is 293 g/mol. The van der Waals surface area contributed by atoms with Gasteiger partial charge < -0.3 is 9.50 Å². The molecule has 1 atom stereocenters. The molecule has 1 unspecified atom stereocenters. The Morgan fingerprint density at radius 3 is 2.50 bits per heavy atom. The molecule has 18 heavy (non-hydrogen) atoms. The molecule has 108 valence electrons. The number of rotatable bonds is 12. The van der Waals surface area contributed by atoms with Gasteiger partial charge in [-0.05, 0) is 19.4 Å². The van der Waals surface area contributed by atoms with Gasteiger partial charge in [-0.2, -0.15) is 12.6 Å². The van der Waals surface area contributed by atoms with E-state index in [2.05, 4.69) is 31.8 Å². The van der Waals surface area contributed by atoms with Crippen LogP contribution in [0.25, 0.3) is 0 Å². The Bertz CT molecular complexity index is 203. The quantitative estimate of drug-likeness (QED) is 0.328. The second-order valence-electron chi connectivity index (χ2n) is 4.33. The average Bonchev–Trinajstić information content (AvgIpc) is 2.38. The molecule has 0 aromatic carbocycles. The van der Waals surface area contributed by atoms with E-state index >= 15 is 0 Å². The van der Waals surface area contributed by atoms with E-state index < -0.39 is 0 Å².